The molecule has 0 radical (unpaired) electrons. The van der Waals surface area contributed by atoms with Crippen molar-refractivity contribution in [2.45, 2.75) is 39.4 Å². The molecule has 0 spiro atoms. The van der Waals surface area contributed by atoms with Crippen LogP contribution in [0.15, 0.2) is 29.4 Å². The number of aryl methyl sites for hydroxylation is 1. The van der Waals surface area contributed by atoms with Gasteiger partial charge in [0.25, 0.3) is 5.91 Å². The second-order valence-electron chi connectivity index (χ2n) is 7.33. The summed E-state index contributed by atoms with van der Waals surface area (Å²) >= 11 is 12.0. The van der Waals surface area contributed by atoms with Crippen LogP contribution in [-0.4, -0.2) is 39.2 Å². The summed E-state index contributed by atoms with van der Waals surface area (Å²) in [5, 5.41) is 0.809. The number of aromatic nitrogens is 2. The number of hydrogen-bond acceptors (Lipinski definition) is 3. The molecule has 1 unspecified atom stereocenters. The molecule has 0 N–H and O–H groups in total. The molecule has 1 aromatic carbocycles. The maximum atomic E-state index is 13.3. The van der Waals surface area contributed by atoms with Crippen molar-refractivity contribution in [1.82, 2.24) is 14.4 Å². The van der Waals surface area contributed by atoms with Crippen LogP contribution in [0.4, 0.5) is 10.7 Å². The minimum absolute atomic E-state index is 0.114. The first-order valence-corrected chi connectivity index (χ1v) is 9.70. The highest BCUT2D eigenvalue weighted by molar-refractivity contribution is 6.42. The molecule has 4 rings (SSSR count). The van der Waals surface area contributed by atoms with Crippen LogP contribution < -0.4 is 4.57 Å². The number of carbonyl (C=O) groups is 2. The standard InChI is InChI=1S/C19H20Cl2N5O2/c1-10(2)26-11(3)8-24-15-16(22-18(24)26)23(4)19(28)25(17(15)27)9-12-5-6-13(20)14(21)7-12/h5-8,10,15H,9H2,1-4H3/q+1. The summed E-state index contributed by atoms with van der Waals surface area (Å²) < 4.78 is 3.90. The summed E-state index contributed by atoms with van der Waals surface area (Å²) in [6.07, 6.45) is 1.91. The van der Waals surface area contributed by atoms with Crippen molar-refractivity contribution in [1.29, 1.82) is 0 Å². The fourth-order valence-corrected chi connectivity index (χ4v) is 4.13. The molecule has 0 bridgehead atoms. The van der Waals surface area contributed by atoms with E-state index in [-0.39, 0.29) is 18.5 Å². The van der Waals surface area contributed by atoms with Gasteiger partial charge in [0.1, 0.15) is 11.9 Å². The summed E-state index contributed by atoms with van der Waals surface area (Å²) in [5.41, 5.74) is 1.74. The molecular formula is C19H20Cl2N5O2+. The molecular weight excluding hydrogens is 401 g/mol. The number of nitrogens with zero attached hydrogens (tertiary/aromatic N) is 5. The zero-order valence-electron chi connectivity index (χ0n) is 16.0. The molecule has 2 aliphatic rings. The summed E-state index contributed by atoms with van der Waals surface area (Å²) in [6.45, 7) is 6.21. The Labute approximate surface area is 172 Å². The fourth-order valence-electron chi connectivity index (χ4n) is 3.81. The van der Waals surface area contributed by atoms with E-state index in [4.69, 9.17) is 23.2 Å². The average molecular weight is 421 g/mol. The molecule has 3 heterocycles. The fraction of sp³-hybridized carbons (Fsp3) is 0.368. The summed E-state index contributed by atoms with van der Waals surface area (Å²) in [6, 6.07) is 4.20. The Hall–Kier alpha value is -2.38. The highest BCUT2D eigenvalue weighted by Gasteiger charge is 2.53. The van der Waals surface area contributed by atoms with Crippen molar-refractivity contribution in [3.63, 3.8) is 0 Å². The van der Waals surface area contributed by atoms with Crippen molar-refractivity contribution in [3.05, 3.63) is 45.7 Å². The van der Waals surface area contributed by atoms with Crippen LogP contribution in [0.1, 0.15) is 37.2 Å². The Morgan fingerprint density at radius 3 is 2.57 bits per heavy atom. The lowest BCUT2D eigenvalue weighted by atomic mass is 10.1. The highest BCUT2D eigenvalue weighted by atomic mass is 35.5. The van der Waals surface area contributed by atoms with Gasteiger partial charge in [-0.15, -0.1) is 0 Å². The molecule has 1 atom stereocenters. The van der Waals surface area contributed by atoms with E-state index >= 15 is 0 Å². The number of halogens is 2. The van der Waals surface area contributed by atoms with Gasteiger partial charge in [-0.25, -0.2) is 13.9 Å². The zero-order valence-corrected chi connectivity index (χ0v) is 17.5. The molecule has 9 heteroatoms. The van der Waals surface area contributed by atoms with Crippen molar-refractivity contribution >= 4 is 46.9 Å². The van der Waals surface area contributed by atoms with Gasteiger partial charge in [-0.3, -0.25) is 14.6 Å². The molecule has 1 saturated heterocycles. The van der Waals surface area contributed by atoms with Crippen LogP contribution in [0.5, 0.6) is 0 Å². The van der Waals surface area contributed by atoms with Gasteiger partial charge < -0.3 is 0 Å². The van der Waals surface area contributed by atoms with E-state index in [1.54, 1.807) is 25.2 Å². The van der Waals surface area contributed by atoms with Crippen LogP contribution in [0, 0.1) is 6.92 Å². The van der Waals surface area contributed by atoms with E-state index in [9.17, 15) is 9.59 Å². The number of imidazole rings is 1. The van der Waals surface area contributed by atoms with Gasteiger partial charge >= 0.3 is 12.0 Å². The normalized spacial score (nSPS) is 18.7. The largest absolute Gasteiger partial charge is 0.402 e. The molecule has 1 aromatic heterocycles. The van der Waals surface area contributed by atoms with Crippen LogP contribution in [0.2, 0.25) is 10.0 Å². The maximum absolute atomic E-state index is 13.3. The van der Waals surface area contributed by atoms with E-state index < -0.39 is 12.1 Å². The third kappa shape index (κ3) is 2.72. The Morgan fingerprint density at radius 1 is 1.21 bits per heavy atom. The lowest BCUT2D eigenvalue weighted by Gasteiger charge is -2.33. The van der Waals surface area contributed by atoms with Crippen molar-refractivity contribution in [2.75, 3.05) is 7.05 Å². The van der Waals surface area contributed by atoms with Gasteiger partial charge in [0.05, 0.1) is 22.6 Å². The number of hydrogen-bond donors (Lipinski definition) is 0. The first kappa shape index (κ1) is 19.0. The third-order valence-corrected chi connectivity index (χ3v) is 5.83. The number of amidine groups is 1. The number of carbonyl (C=O) groups excluding carboxylic acids is 2. The van der Waals surface area contributed by atoms with Crippen molar-refractivity contribution in [3.8, 4) is 0 Å². The topological polar surface area (TPSA) is 61.8 Å². The Balaban J connectivity index is 1.73. The summed E-state index contributed by atoms with van der Waals surface area (Å²) in [5.74, 6) is 0.819. The Bertz CT molecular complexity index is 1040. The molecule has 0 aliphatic carbocycles. The third-order valence-electron chi connectivity index (χ3n) is 5.09. The number of aliphatic imine (C=N–C) groups is 1. The van der Waals surface area contributed by atoms with Crippen LogP contribution >= 0.6 is 23.2 Å². The van der Waals surface area contributed by atoms with E-state index in [2.05, 4.69) is 23.4 Å². The number of urea groups is 1. The molecule has 2 aliphatic heterocycles. The average Bonchev–Trinajstić information content (AvgIpc) is 3.14. The SMILES string of the molecule is Cc1c[n+]2c(n1C(C)C)N=C1C2C(=O)N(Cc2ccc(Cl)c(Cl)c2)C(=O)N1C. The molecule has 3 amide bonds. The lowest BCUT2D eigenvalue weighted by molar-refractivity contribution is -0.677. The van der Waals surface area contributed by atoms with Gasteiger partial charge in [0, 0.05) is 7.05 Å². The second-order valence-corrected chi connectivity index (χ2v) is 8.14. The van der Waals surface area contributed by atoms with Crippen LogP contribution in [-0.2, 0) is 11.3 Å². The molecule has 1 fully saturated rings. The van der Waals surface area contributed by atoms with Crippen molar-refractivity contribution in [2.24, 2.45) is 4.99 Å². The zero-order chi connectivity index (χ0) is 20.3. The van der Waals surface area contributed by atoms with Gasteiger partial charge in [-0.1, -0.05) is 34.3 Å². The smallest absolute Gasteiger partial charge is 0.270 e. The molecule has 28 heavy (non-hydrogen) atoms. The minimum Gasteiger partial charge on any atom is -0.270 e. The molecule has 2 aromatic rings. The number of likely N-dealkylation sites (N-methyl/N-ethyl adjacent to an activating group) is 1. The number of benzene rings is 1. The summed E-state index contributed by atoms with van der Waals surface area (Å²) in [7, 11) is 1.64. The highest BCUT2D eigenvalue weighted by Crippen LogP contribution is 2.32. The first-order chi connectivity index (χ1) is 13.2. The van der Waals surface area contributed by atoms with E-state index in [1.807, 2.05) is 17.7 Å². The van der Waals surface area contributed by atoms with Gasteiger partial charge in [-0.2, -0.15) is 0 Å². The van der Waals surface area contributed by atoms with Crippen molar-refractivity contribution < 1.29 is 14.2 Å². The van der Waals surface area contributed by atoms with Crippen LogP contribution in [0.25, 0.3) is 0 Å². The predicted octanol–water partition coefficient (Wildman–Crippen LogP) is 3.65. The maximum Gasteiger partial charge on any atom is 0.402 e. The minimum atomic E-state index is -0.654. The van der Waals surface area contributed by atoms with E-state index in [0.29, 0.717) is 21.8 Å². The number of amides is 3. The number of fused-ring (bicyclic) bond motifs is 3. The second kappa shape index (κ2) is 6.60. The predicted molar refractivity (Wildman–Crippen MR) is 106 cm³/mol. The van der Waals surface area contributed by atoms with E-state index in [0.717, 1.165) is 11.3 Å². The molecule has 0 saturated carbocycles. The number of imide groups is 1. The Morgan fingerprint density at radius 2 is 1.93 bits per heavy atom. The van der Waals surface area contributed by atoms with Gasteiger partial charge in [-0.05, 0) is 38.5 Å². The van der Waals surface area contributed by atoms with Crippen LogP contribution in [0.3, 0.4) is 0 Å². The quantitative estimate of drug-likeness (QED) is 0.711. The monoisotopic (exact) mass is 420 g/mol. The van der Waals surface area contributed by atoms with E-state index in [1.165, 1.54) is 9.80 Å². The van der Waals surface area contributed by atoms with Gasteiger partial charge in [0.2, 0.25) is 11.9 Å². The lowest BCUT2D eigenvalue weighted by Crippen LogP contribution is -2.62. The summed E-state index contributed by atoms with van der Waals surface area (Å²) in [4.78, 5) is 33.4. The molecule has 146 valence electrons. The molecule has 7 nitrogen and oxygen atoms in total. The Kier molecular flexibility index (Phi) is 4.47. The number of rotatable bonds is 3. The van der Waals surface area contributed by atoms with Gasteiger partial charge in [0.15, 0.2) is 0 Å². The first-order valence-electron chi connectivity index (χ1n) is 8.95.